The largest absolute Gasteiger partial charge is 0.507 e. The second kappa shape index (κ2) is 6.55. The first kappa shape index (κ1) is 16.6. The molecule has 1 aliphatic rings. The van der Waals surface area contributed by atoms with Gasteiger partial charge in [-0.25, -0.2) is 0 Å². The van der Waals surface area contributed by atoms with Gasteiger partial charge in [0.25, 0.3) is 0 Å². The molecule has 1 aliphatic carbocycles. The highest BCUT2D eigenvalue weighted by Crippen LogP contribution is 2.46. The summed E-state index contributed by atoms with van der Waals surface area (Å²) in [7, 11) is 1.56. The summed E-state index contributed by atoms with van der Waals surface area (Å²) in [6, 6.07) is 3.23. The third kappa shape index (κ3) is 3.18. The minimum Gasteiger partial charge on any atom is -0.507 e. The fraction of sp³-hybridized carbons (Fsp3) is 0.444. The van der Waals surface area contributed by atoms with Crippen LogP contribution in [0.1, 0.15) is 37.3 Å². The Morgan fingerprint density at radius 2 is 1.91 bits per heavy atom. The number of rotatable bonds is 4. The van der Waals surface area contributed by atoms with Crippen LogP contribution in [-0.4, -0.2) is 28.5 Å². The lowest BCUT2D eigenvalue weighted by atomic mass is 9.72. The molecular formula is C18H24O4. The van der Waals surface area contributed by atoms with Crippen LogP contribution in [0.3, 0.4) is 0 Å². The lowest BCUT2D eigenvalue weighted by Gasteiger charge is -2.34. The number of methoxy groups -OCH3 is 1. The summed E-state index contributed by atoms with van der Waals surface area (Å²) in [6.45, 7) is 8.09. The monoisotopic (exact) mass is 304 g/mol. The zero-order chi connectivity index (χ0) is 16.4. The van der Waals surface area contributed by atoms with E-state index in [1.165, 1.54) is 0 Å². The molecule has 0 aromatic heterocycles. The Labute approximate surface area is 131 Å². The predicted octanol–water partition coefficient (Wildman–Crippen LogP) is 3.23. The zero-order valence-corrected chi connectivity index (χ0v) is 13.3. The zero-order valence-electron chi connectivity index (χ0n) is 13.3. The van der Waals surface area contributed by atoms with E-state index in [-0.39, 0.29) is 23.3 Å². The second-order valence-corrected chi connectivity index (χ2v) is 6.12. The maximum Gasteiger partial charge on any atom is 0.123 e. The molecule has 0 saturated carbocycles. The Hall–Kier alpha value is -1.78. The van der Waals surface area contributed by atoms with Crippen LogP contribution in [0, 0.1) is 5.92 Å². The van der Waals surface area contributed by atoms with Crippen LogP contribution in [0.25, 0.3) is 0 Å². The van der Waals surface area contributed by atoms with Crippen LogP contribution in [0.4, 0.5) is 0 Å². The quantitative estimate of drug-likeness (QED) is 0.747. The van der Waals surface area contributed by atoms with Crippen molar-refractivity contribution in [2.75, 3.05) is 7.11 Å². The fourth-order valence-electron chi connectivity index (χ4n) is 3.15. The molecule has 22 heavy (non-hydrogen) atoms. The number of hydrogen-bond acceptors (Lipinski definition) is 4. The summed E-state index contributed by atoms with van der Waals surface area (Å²) in [4.78, 5) is 0. The summed E-state index contributed by atoms with van der Waals surface area (Å²) >= 11 is 0. The van der Waals surface area contributed by atoms with Crippen molar-refractivity contribution in [3.8, 4) is 11.5 Å². The molecular weight excluding hydrogens is 280 g/mol. The number of aromatic hydroxyl groups is 2. The van der Waals surface area contributed by atoms with Gasteiger partial charge in [0, 0.05) is 18.6 Å². The highest BCUT2D eigenvalue weighted by molar-refractivity contribution is 5.52. The lowest BCUT2D eigenvalue weighted by Crippen LogP contribution is -2.26. The van der Waals surface area contributed by atoms with Gasteiger partial charge in [0.2, 0.25) is 0 Å². The van der Waals surface area contributed by atoms with Gasteiger partial charge in [-0.15, -0.1) is 0 Å². The maximum absolute atomic E-state index is 10.4. The van der Waals surface area contributed by atoms with E-state index in [4.69, 9.17) is 4.74 Å². The van der Waals surface area contributed by atoms with Crippen LogP contribution in [0.5, 0.6) is 11.5 Å². The van der Waals surface area contributed by atoms with Crippen LogP contribution >= 0.6 is 0 Å². The summed E-state index contributed by atoms with van der Waals surface area (Å²) in [5.41, 5.74) is 2.97. The first-order chi connectivity index (χ1) is 10.3. The highest BCUT2D eigenvalue weighted by atomic mass is 16.5. The molecule has 120 valence electrons. The number of allylic oxidation sites excluding steroid dienone is 2. The number of phenolic OH excluding ortho intramolecular Hbond substituents is 2. The van der Waals surface area contributed by atoms with E-state index in [2.05, 4.69) is 6.58 Å². The van der Waals surface area contributed by atoms with E-state index in [1.807, 2.05) is 19.9 Å². The molecule has 3 atom stereocenters. The molecule has 4 heteroatoms. The topological polar surface area (TPSA) is 69.9 Å². The van der Waals surface area contributed by atoms with E-state index >= 15 is 0 Å². The van der Waals surface area contributed by atoms with Gasteiger partial charge in [0.15, 0.2) is 0 Å². The summed E-state index contributed by atoms with van der Waals surface area (Å²) < 4.78 is 5.03. The smallest absolute Gasteiger partial charge is 0.123 e. The molecule has 2 rings (SSSR count). The number of aliphatic hydroxyl groups is 1. The molecule has 1 aromatic carbocycles. The normalized spacial score (nSPS) is 24.9. The van der Waals surface area contributed by atoms with Crippen molar-refractivity contribution in [3.63, 3.8) is 0 Å². The molecule has 0 heterocycles. The van der Waals surface area contributed by atoms with Crippen LogP contribution in [0.15, 0.2) is 35.9 Å². The average Bonchev–Trinajstić information content (AvgIpc) is 2.41. The number of aliphatic hydroxyl groups excluding tert-OH is 1. The highest BCUT2D eigenvalue weighted by Gasteiger charge is 2.33. The van der Waals surface area contributed by atoms with Crippen molar-refractivity contribution >= 4 is 0 Å². The van der Waals surface area contributed by atoms with Gasteiger partial charge in [-0.05, 0) is 49.5 Å². The number of benzene rings is 1. The SMILES string of the molecule is C=C(C)C1CC(O)C(C)=CC1c1c(O)cc(COC)cc1O. The first-order valence-corrected chi connectivity index (χ1v) is 7.40. The molecule has 0 bridgehead atoms. The number of phenols is 2. The Morgan fingerprint density at radius 1 is 1.32 bits per heavy atom. The van der Waals surface area contributed by atoms with E-state index < -0.39 is 6.10 Å². The van der Waals surface area contributed by atoms with Crippen molar-refractivity contribution in [2.45, 2.75) is 38.9 Å². The fourth-order valence-corrected chi connectivity index (χ4v) is 3.15. The molecule has 3 N–H and O–H groups in total. The van der Waals surface area contributed by atoms with E-state index in [9.17, 15) is 15.3 Å². The minimum atomic E-state index is -0.505. The molecule has 0 saturated heterocycles. The Kier molecular flexibility index (Phi) is 4.94. The van der Waals surface area contributed by atoms with Crippen LogP contribution in [-0.2, 0) is 11.3 Å². The van der Waals surface area contributed by atoms with Gasteiger partial charge in [-0.3, -0.25) is 0 Å². The standard InChI is InChI=1S/C18H24O4/c1-10(2)13-8-15(19)11(3)5-14(13)18-16(20)6-12(9-22-4)7-17(18)21/h5-7,13-15,19-21H,1,8-9H2,2-4H3. The Morgan fingerprint density at radius 3 is 2.41 bits per heavy atom. The molecule has 0 spiro atoms. The number of ether oxygens (including phenoxy) is 1. The average molecular weight is 304 g/mol. The van der Waals surface area contributed by atoms with Crippen LogP contribution < -0.4 is 0 Å². The maximum atomic E-state index is 10.4. The molecule has 0 amide bonds. The van der Waals surface area contributed by atoms with Gasteiger partial charge in [-0.2, -0.15) is 0 Å². The van der Waals surface area contributed by atoms with Gasteiger partial charge in [-0.1, -0.05) is 18.2 Å². The van der Waals surface area contributed by atoms with Crippen molar-refractivity contribution < 1.29 is 20.1 Å². The number of hydrogen-bond donors (Lipinski definition) is 3. The molecule has 0 radical (unpaired) electrons. The second-order valence-electron chi connectivity index (χ2n) is 6.12. The third-order valence-electron chi connectivity index (χ3n) is 4.35. The van der Waals surface area contributed by atoms with Crippen LogP contribution in [0.2, 0.25) is 0 Å². The summed E-state index contributed by atoms with van der Waals surface area (Å²) in [5, 5.41) is 30.8. The molecule has 0 aliphatic heterocycles. The van der Waals surface area contributed by atoms with Gasteiger partial charge in [0.05, 0.1) is 12.7 Å². The van der Waals surface area contributed by atoms with E-state index in [0.717, 1.165) is 11.1 Å². The molecule has 0 fully saturated rings. The Balaban J connectivity index is 2.50. The van der Waals surface area contributed by atoms with Gasteiger partial charge in [0.1, 0.15) is 11.5 Å². The van der Waals surface area contributed by atoms with Gasteiger partial charge < -0.3 is 20.1 Å². The third-order valence-corrected chi connectivity index (χ3v) is 4.35. The van der Waals surface area contributed by atoms with Gasteiger partial charge >= 0.3 is 0 Å². The van der Waals surface area contributed by atoms with Crippen molar-refractivity contribution in [3.05, 3.63) is 47.1 Å². The summed E-state index contributed by atoms with van der Waals surface area (Å²) in [6.07, 6.45) is 1.95. The summed E-state index contributed by atoms with van der Waals surface area (Å²) in [5.74, 6) is -0.131. The van der Waals surface area contributed by atoms with Crippen molar-refractivity contribution in [2.24, 2.45) is 5.92 Å². The molecule has 1 aromatic rings. The lowest BCUT2D eigenvalue weighted by molar-refractivity contribution is 0.168. The predicted molar refractivity (Wildman–Crippen MR) is 85.9 cm³/mol. The molecule has 4 nitrogen and oxygen atoms in total. The minimum absolute atomic E-state index is 0.0243. The Bertz CT molecular complexity index is 580. The van der Waals surface area contributed by atoms with E-state index in [1.54, 1.807) is 19.2 Å². The van der Waals surface area contributed by atoms with Crippen molar-refractivity contribution in [1.82, 2.24) is 0 Å². The van der Waals surface area contributed by atoms with Crippen molar-refractivity contribution in [1.29, 1.82) is 0 Å². The molecule has 3 unspecified atom stereocenters. The van der Waals surface area contributed by atoms with E-state index in [0.29, 0.717) is 24.2 Å². The first-order valence-electron chi connectivity index (χ1n) is 7.40.